The average molecular weight is 189 g/mol. The summed E-state index contributed by atoms with van der Waals surface area (Å²) in [6, 6.07) is 10.2. The van der Waals surface area contributed by atoms with Gasteiger partial charge in [-0.15, -0.1) is 0 Å². The Balaban J connectivity index is 2.17. The molecule has 0 saturated carbocycles. The molecule has 1 aromatic rings. The van der Waals surface area contributed by atoms with Gasteiger partial charge in [0.05, 0.1) is 6.61 Å². The van der Waals surface area contributed by atoms with E-state index < -0.39 is 0 Å². The third-order valence-electron chi connectivity index (χ3n) is 1.81. The van der Waals surface area contributed by atoms with Crippen molar-refractivity contribution < 1.29 is 9.53 Å². The van der Waals surface area contributed by atoms with Crippen molar-refractivity contribution in [3.05, 3.63) is 48.0 Å². The zero-order valence-electron chi connectivity index (χ0n) is 7.98. The second-order valence-corrected chi connectivity index (χ2v) is 2.88. The van der Waals surface area contributed by atoms with Crippen molar-refractivity contribution in [3.63, 3.8) is 0 Å². The standard InChI is InChI=1S/C12H13O2/c13-11-14-10-6-2-5-9-12-7-3-1-4-8-12/h1-5,7-8H,6,9-10H2/b5-2+. The molecule has 0 saturated heterocycles. The summed E-state index contributed by atoms with van der Waals surface area (Å²) in [7, 11) is 0. The van der Waals surface area contributed by atoms with Gasteiger partial charge < -0.3 is 4.74 Å². The number of hydrogen-bond donors (Lipinski definition) is 0. The Labute approximate surface area is 84.2 Å². The quantitative estimate of drug-likeness (QED) is 0.507. The van der Waals surface area contributed by atoms with E-state index in [0.717, 1.165) is 12.8 Å². The predicted octanol–water partition coefficient (Wildman–Crippen LogP) is 2.26. The third-order valence-corrected chi connectivity index (χ3v) is 1.81. The van der Waals surface area contributed by atoms with E-state index in [1.165, 1.54) is 12.0 Å². The first kappa shape index (κ1) is 10.5. The molecule has 0 amide bonds. The second-order valence-electron chi connectivity index (χ2n) is 2.88. The monoisotopic (exact) mass is 189 g/mol. The van der Waals surface area contributed by atoms with Crippen LogP contribution in [-0.2, 0) is 16.0 Å². The van der Waals surface area contributed by atoms with Gasteiger partial charge in [0.25, 0.3) is 0 Å². The molecule has 73 valence electrons. The zero-order chi connectivity index (χ0) is 10.1. The second kappa shape index (κ2) is 6.89. The topological polar surface area (TPSA) is 26.3 Å². The molecule has 0 fully saturated rings. The molecule has 1 rings (SSSR count). The van der Waals surface area contributed by atoms with Gasteiger partial charge >= 0.3 is 6.47 Å². The highest BCUT2D eigenvalue weighted by molar-refractivity contribution is 5.38. The molecule has 1 radical (unpaired) electrons. The van der Waals surface area contributed by atoms with E-state index in [2.05, 4.69) is 22.9 Å². The largest absolute Gasteiger partial charge is 0.457 e. The van der Waals surface area contributed by atoms with Crippen molar-refractivity contribution in [2.24, 2.45) is 0 Å². The van der Waals surface area contributed by atoms with Crippen LogP contribution in [0.5, 0.6) is 0 Å². The molecule has 0 aromatic heterocycles. The lowest BCUT2D eigenvalue weighted by atomic mass is 10.1. The average Bonchev–Trinajstić information content (AvgIpc) is 2.25. The molecule has 2 heteroatoms. The van der Waals surface area contributed by atoms with Gasteiger partial charge in [0.1, 0.15) is 0 Å². The van der Waals surface area contributed by atoms with Crippen LogP contribution in [0.4, 0.5) is 0 Å². The van der Waals surface area contributed by atoms with Crippen LogP contribution in [0, 0.1) is 0 Å². The van der Waals surface area contributed by atoms with Gasteiger partial charge in [-0.1, -0.05) is 42.5 Å². The minimum absolute atomic E-state index is 0.411. The van der Waals surface area contributed by atoms with Gasteiger partial charge in [-0.25, -0.2) is 4.79 Å². The Morgan fingerprint density at radius 3 is 2.71 bits per heavy atom. The van der Waals surface area contributed by atoms with E-state index in [9.17, 15) is 4.79 Å². The first-order valence-corrected chi connectivity index (χ1v) is 4.61. The molecule has 0 heterocycles. The molecule has 2 nitrogen and oxygen atoms in total. The van der Waals surface area contributed by atoms with Crippen molar-refractivity contribution in [1.82, 2.24) is 0 Å². The Kier molecular flexibility index (Phi) is 5.18. The maximum Gasteiger partial charge on any atom is 0.417 e. The number of allylic oxidation sites excluding steroid dienone is 1. The third kappa shape index (κ3) is 4.45. The Hall–Kier alpha value is -1.57. The van der Waals surface area contributed by atoms with E-state index in [1.807, 2.05) is 24.3 Å². The van der Waals surface area contributed by atoms with Crippen LogP contribution < -0.4 is 0 Å². The minimum Gasteiger partial charge on any atom is -0.457 e. The summed E-state index contributed by atoms with van der Waals surface area (Å²) >= 11 is 0. The van der Waals surface area contributed by atoms with Gasteiger partial charge in [0.15, 0.2) is 0 Å². The van der Waals surface area contributed by atoms with Gasteiger partial charge in [0.2, 0.25) is 0 Å². The van der Waals surface area contributed by atoms with Crippen LogP contribution in [0.3, 0.4) is 0 Å². The predicted molar refractivity (Wildman–Crippen MR) is 55.5 cm³/mol. The highest BCUT2D eigenvalue weighted by Crippen LogP contribution is 2.00. The fourth-order valence-electron chi connectivity index (χ4n) is 1.12. The molecule has 0 unspecified atom stereocenters. The van der Waals surface area contributed by atoms with Crippen molar-refractivity contribution in [1.29, 1.82) is 0 Å². The van der Waals surface area contributed by atoms with Gasteiger partial charge in [-0.2, -0.15) is 0 Å². The minimum atomic E-state index is 0.411. The Morgan fingerprint density at radius 1 is 1.21 bits per heavy atom. The fraction of sp³-hybridized carbons (Fsp3) is 0.250. The van der Waals surface area contributed by atoms with Crippen LogP contribution in [0.2, 0.25) is 0 Å². The number of hydrogen-bond acceptors (Lipinski definition) is 2. The fourth-order valence-corrected chi connectivity index (χ4v) is 1.12. The summed E-state index contributed by atoms with van der Waals surface area (Å²) in [5, 5.41) is 0. The number of carbonyl (C=O) groups excluding carboxylic acids is 1. The first-order chi connectivity index (χ1) is 6.93. The highest BCUT2D eigenvalue weighted by Gasteiger charge is 1.86. The summed E-state index contributed by atoms with van der Waals surface area (Å²) in [6.07, 6.45) is 5.75. The lowest BCUT2D eigenvalue weighted by Gasteiger charge is -1.94. The van der Waals surface area contributed by atoms with Crippen molar-refractivity contribution in [2.45, 2.75) is 12.8 Å². The van der Waals surface area contributed by atoms with Crippen LogP contribution in [-0.4, -0.2) is 13.1 Å². The van der Waals surface area contributed by atoms with E-state index in [0.29, 0.717) is 6.61 Å². The Bertz CT molecular complexity index is 278. The van der Waals surface area contributed by atoms with Gasteiger partial charge in [-0.3, -0.25) is 0 Å². The van der Waals surface area contributed by atoms with E-state index in [4.69, 9.17) is 0 Å². The number of ether oxygens (including phenoxy) is 1. The lowest BCUT2D eigenvalue weighted by molar-refractivity contribution is 0.284. The summed E-state index contributed by atoms with van der Waals surface area (Å²) in [6.45, 7) is 1.80. The molecular formula is C12H13O2. The molecular weight excluding hydrogens is 176 g/mol. The molecule has 0 atom stereocenters. The highest BCUT2D eigenvalue weighted by atomic mass is 16.5. The van der Waals surface area contributed by atoms with Crippen LogP contribution >= 0.6 is 0 Å². The first-order valence-electron chi connectivity index (χ1n) is 4.61. The summed E-state index contributed by atoms with van der Waals surface area (Å²) in [4.78, 5) is 9.69. The summed E-state index contributed by atoms with van der Waals surface area (Å²) in [5.74, 6) is 0. The summed E-state index contributed by atoms with van der Waals surface area (Å²) in [5.41, 5.74) is 1.28. The number of rotatable bonds is 6. The number of benzene rings is 1. The lowest BCUT2D eigenvalue weighted by Crippen LogP contribution is -1.88. The van der Waals surface area contributed by atoms with Crippen LogP contribution in [0.15, 0.2) is 42.5 Å². The molecule has 0 aliphatic carbocycles. The smallest absolute Gasteiger partial charge is 0.417 e. The van der Waals surface area contributed by atoms with Crippen LogP contribution in [0.1, 0.15) is 12.0 Å². The van der Waals surface area contributed by atoms with Gasteiger partial charge in [-0.05, 0) is 18.4 Å². The van der Waals surface area contributed by atoms with E-state index in [-0.39, 0.29) is 0 Å². The van der Waals surface area contributed by atoms with E-state index in [1.54, 1.807) is 0 Å². The zero-order valence-corrected chi connectivity index (χ0v) is 7.98. The van der Waals surface area contributed by atoms with Crippen LogP contribution in [0.25, 0.3) is 0 Å². The molecule has 1 aromatic carbocycles. The molecule has 0 N–H and O–H groups in total. The van der Waals surface area contributed by atoms with E-state index >= 15 is 0 Å². The van der Waals surface area contributed by atoms with Crippen molar-refractivity contribution in [3.8, 4) is 0 Å². The normalized spacial score (nSPS) is 10.3. The maximum atomic E-state index is 9.69. The van der Waals surface area contributed by atoms with Gasteiger partial charge in [0, 0.05) is 0 Å². The molecule has 14 heavy (non-hydrogen) atoms. The Morgan fingerprint density at radius 2 is 2.00 bits per heavy atom. The molecule has 0 spiro atoms. The van der Waals surface area contributed by atoms with Crippen molar-refractivity contribution in [2.75, 3.05) is 6.61 Å². The maximum absolute atomic E-state index is 9.69. The van der Waals surface area contributed by atoms with Crippen molar-refractivity contribution >= 4 is 6.47 Å². The SMILES string of the molecule is O=[C]OCC/C=C/Cc1ccccc1. The molecule has 0 bridgehead atoms. The summed E-state index contributed by atoms with van der Waals surface area (Å²) < 4.78 is 4.43. The molecule has 0 aliphatic rings. The molecule has 0 aliphatic heterocycles.